The standard InChI is InChI=1S/C75H124O6/c1-4-7-10-13-16-19-22-25-28-31-33-35-36-37-38-40-41-44-47-50-53-56-59-62-65-68-74(77)80-71-72(70-79-73(76)67-64-61-58-55-52-49-46-43-30-27-24-21-18-15-12-9-6-3)81-75(78)69-66-63-60-57-54-51-48-45-42-39-34-32-29-26-23-20-17-14-11-8-5-2/h8-9,11-12,17-18,20-22,25-27,29-31,33-34,39,45-46,48-49,72H,4-7,10,13-16,19,23-24,28,32,35-38,40-44,47,50-71H2,1-3H3/b11-8-,12-9-,20-17-,21-18-,25-22-,29-26-,30-27-,33-31-,39-34-,48-45-,49-46-. The van der Waals surface area contributed by atoms with Gasteiger partial charge in [0.05, 0.1) is 0 Å². The molecule has 0 saturated heterocycles. The summed E-state index contributed by atoms with van der Waals surface area (Å²) in [6, 6.07) is 0. The van der Waals surface area contributed by atoms with Crippen molar-refractivity contribution in [2.45, 2.75) is 309 Å². The van der Waals surface area contributed by atoms with Gasteiger partial charge in [-0.1, -0.05) is 283 Å². The number of carbonyl (C=O) groups excluding carboxylic acids is 3. The summed E-state index contributed by atoms with van der Waals surface area (Å²) in [6.07, 6.45) is 96.0. The topological polar surface area (TPSA) is 78.9 Å². The number of allylic oxidation sites excluding steroid dienone is 22. The first-order valence-corrected chi connectivity index (χ1v) is 33.7. The second kappa shape index (κ2) is 68.1. The highest BCUT2D eigenvalue weighted by atomic mass is 16.6. The second-order valence-corrected chi connectivity index (χ2v) is 22.0. The maximum Gasteiger partial charge on any atom is 0.306 e. The van der Waals surface area contributed by atoms with Crippen LogP contribution in [-0.2, 0) is 28.6 Å². The van der Waals surface area contributed by atoms with E-state index in [0.29, 0.717) is 19.3 Å². The van der Waals surface area contributed by atoms with E-state index < -0.39 is 6.10 Å². The van der Waals surface area contributed by atoms with E-state index >= 15 is 0 Å². The average molecular weight is 1120 g/mol. The molecule has 0 rings (SSSR count). The first kappa shape index (κ1) is 76.5. The molecule has 460 valence electrons. The maximum absolute atomic E-state index is 12.9. The average Bonchev–Trinajstić information content (AvgIpc) is 3.47. The molecular formula is C75H124O6. The highest BCUT2D eigenvalue weighted by molar-refractivity contribution is 5.71. The molecule has 0 aliphatic carbocycles. The molecule has 1 atom stereocenters. The Hall–Kier alpha value is -4.45. The quantitative estimate of drug-likeness (QED) is 0.0261. The van der Waals surface area contributed by atoms with E-state index in [0.717, 1.165) is 154 Å². The Kier molecular flexibility index (Phi) is 64.3. The molecular weight excluding hydrogens is 997 g/mol. The molecule has 0 fully saturated rings. The van der Waals surface area contributed by atoms with E-state index in [2.05, 4.69) is 154 Å². The Labute approximate surface area is 500 Å². The Morgan fingerprint density at radius 3 is 0.753 bits per heavy atom. The van der Waals surface area contributed by atoms with Crippen LogP contribution in [0.5, 0.6) is 0 Å². The summed E-state index contributed by atoms with van der Waals surface area (Å²) < 4.78 is 16.9. The third-order valence-electron chi connectivity index (χ3n) is 14.1. The SMILES string of the molecule is CC/C=C\C/C=C\C/C=C\C/C=C\C/C=C\CCCCCCCC(=O)OC(COC(=O)CCCCCC/C=C\C/C=C\C/C=C\C/C=C\CC)COC(=O)CCCCCCCCCCCCCCC/C=C\C/C=C\CCCCCCC. The molecule has 0 heterocycles. The van der Waals surface area contributed by atoms with Crippen molar-refractivity contribution in [3.8, 4) is 0 Å². The molecule has 6 nitrogen and oxygen atoms in total. The van der Waals surface area contributed by atoms with Crippen molar-refractivity contribution in [1.82, 2.24) is 0 Å². The fraction of sp³-hybridized carbons (Fsp3) is 0.667. The predicted octanol–water partition coefficient (Wildman–Crippen LogP) is 23.3. The van der Waals surface area contributed by atoms with Crippen LogP contribution in [0.4, 0.5) is 0 Å². The van der Waals surface area contributed by atoms with Gasteiger partial charge in [-0.05, 0) is 135 Å². The zero-order chi connectivity index (χ0) is 58.5. The van der Waals surface area contributed by atoms with E-state index in [-0.39, 0.29) is 31.1 Å². The van der Waals surface area contributed by atoms with Crippen LogP contribution in [0.3, 0.4) is 0 Å². The molecule has 0 aromatic heterocycles. The van der Waals surface area contributed by atoms with Gasteiger partial charge in [-0.15, -0.1) is 0 Å². The smallest absolute Gasteiger partial charge is 0.306 e. The molecule has 0 radical (unpaired) electrons. The molecule has 0 aliphatic rings. The number of hydrogen-bond acceptors (Lipinski definition) is 6. The minimum absolute atomic E-state index is 0.0975. The maximum atomic E-state index is 12.9. The summed E-state index contributed by atoms with van der Waals surface area (Å²) in [6.45, 7) is 6.38. The summed E-state index contributed by atoms with van der Waals surface area (Å²) in [5.74, 6) is -0.937. The molecule has 0 spiro atoms. The molecule has 1 unspecified atom stereocenters. The predicted molar refractivity (Wildman–Crippen MR) is 353 cm³/mol. The first-order valence-electron chi connectivity index (χ1n) is 33.7. The summed E-state index contributed by atoms with van der Waals surface area (Å²) >= 11 is 0. The zero-order valence-electron chi connectivity index (χ0n) is 52.8. The summed E-state index contributed by atoms with van der Waals surface area (Å²) in [4.78, 5) is 38.4. The Morgan fingerprint density at radius 1 is 0.259 bits per heavy atom. The van der Waals surface area contributed by atoms with Gasteiger partial charge in [0.1, 0.15) is 13.2 Å². The molecule has 0 saturated carbocycles. The lowest BCUT2D eigenvalue weighted by atomic mass is 10.0. The molecule has 81 heavy (non-hydrogen) atoms. The van der Waals surface area contributed by atoms with Gasteiger partial charge in [-0.25, -0.2) is 0 Å². The first-order chi connectivity index (χ1) is 40.0. The van der Waals surface area contributed by atoms with Crippen molar-refractivity contribution in [3.05, 3.63) is 134 Å². The van der Waals surface area contributed by atoms with Gasteiger partial charge in [0.25, 0.3) is 0 Å². The molecule has 0 aromatic rings. The van der Waals surface area contributed by atoms with Gasteiger partial charge < -0.3 is 14.2 Å². The summed E-state index contributed by atoms with van der Waals surface area (Å²) in [5.41, 5.74) is 0. The third kappa shape index (κ3) is 66.2. The summed E-state index contributed by atoms with van der Waals surface area (Å²) in [5, 5.41) is 0. The van der Waals surface area contributed by atoms with Crippen molar-refractivity contribution >= 4 is 17.9 Å². The van der Waals surface area contributed by atoms with Crippen molar-refractivity contribution in [2.75, 3.05) is 13.2 Å². The fourth-order valence-corrected chi connectivity index (χ4v) is 9.14. The molecule has 0 aromatic carbocycles. The number of rotatable bonds is 60. The normalized spacial score (nSPS) is 13.0. The largest absolute Gasteiger partial charge is 0.462 e. The number of unbranched alkanes of at least 4 members (excludes halogenated alkanes) is 27. The second-order valence-electron chi connectivity index (χ2n) is 22.0. The van der Waals surface area contributed by atoms with E-state index in [1.54, 1.807) is 0 Å². The lowest BCUT2D eigenvalue weighted by Crippen LogP contribution is -2.30. The van der Waals surface area contributed by atoms with Crippen LogP contribution in [0.25, 0.3) is 0 Å². The Balaban J connectivity index is 4.43. The van der Waals surface area contributed by atoms with Gasteiger partial charge in [-0.2, -0.15) is 0 Å². The van der Waals surface area contributed by atoms with Crippen LogP contribution in [-0.4, -0.2) is 37.2 Å². The van der Waals surface area contributed by atoms with Crippen LogP contribution in [0, 0.1) is 0 Å². The molecule has 0 amide bonds. The van der Waals surface area contributed by atoms with Crippen LogP contribution in [0.1, 0.15) is 303 Å². The number of ether oxygens (including phenoxy) is 3. The number of esters is 3. The lowest BCUT2D eigenvalue weighted by Gasteiger charge is -2.18. The lowest BCUT2D eigenvalue weighted by molar-refractivity contribution is -0.167. The molecule has 0 aliphatic heterocycles. The van der Waals surface area contributed by atoms with Crippen molar-refractivity contribution in [1.29, 1.82) is 0 Å². The van der Waals surface area contributed by atoms with E-state index in [1.807, 2.05) is 0 Å². The van der Waals surface area contributed by atoms with Crippen LogP contribution >= 0.6 is 0 Å². The van der Waals surface area contributed by atoms with Crippen LogP contribution < -0.4 is 0 Å². The Morgan fingerprint density at radius 2 is 0.481 bits per heavy atom. The number of carbonyl (C=O) groups is 3. The summed E-state index contributed by atoms with van der Waals surface area (Å²) in [7, 11) is 0. The van der Waals surface area contributed by atoms with Crippen molar-refractivity contribution in [2.24, 2.45) is 0 Å². The minimum Gasteiger partial charge on any atom is -0.462 e. The van der Waals surface area contributed by atoms with Crippen LogP contribution in [0.15, 0.2) is 134 Å². The van der Waals surface area contributed by atoms with Gasteiger partial charge >= 0.3 is 17.9 Å². The molecule has 0 bridgehead atoms. The fourth-order valence-electron chi connectivity index (χ4n) is 9.14. The van der Waals surface area contributed by atoms with Gasteiger partial charge in [0.15, 0.2) is 6.10 Å². The number of hydrogen-bond donors (Lipinski definition) is 0. The van der Waals surface area contributed by atoms with Crippen LogP contribution in [0.2, 0.25) is 0 Å². The van der Waals surface area contributed by atoms with E-state index in [1.165, 1.54) is 109 Å². The molecule has 6 heteroatoms. The van der Waals surface area contributed by atoms with Gasteiger partial charge in [0.2, 0.25) is 0 Å². The van der Waals surface area contributed by atoms with Crippen molar-refractivity contribution < 1.29 is 28.6 Å². The third-order valence-corrected chi connectivity index (χ3v) is 14.1. The zero-order valence-corrected chi connectivity index (χ0v) is 52.8. The highest BCUT2D eigenvalue weighted by Gasteiger charge is 2.19. The minimum atomic E-state index is -0.806. The van der Waals surface area contributed by atoms with E-state index in [9.17, 15) is 14.4 Å². The Bertz CT molecular complexity index is 1720. The molecule has 0 N–H and O–H groups in total. The highest BCUT2D eigenvalue weighted by Crippen LogP contribution is 2.16. The van der Waals surface area contributed by atoms with Gasteiger partial charge in [0, 0.05) is 19.3 Å². The monoisotopic (exact) mass is 1120 g/mol. The van der Waals surface area contributed by atoms with Crippen molar-refractivity contribution in [3.63, 3.8) is 0 Å². The van der Waals surface area contributed by atoms with Gasteiger partial charge in [-0.3, -0.25) is 14.4 Å². The van der Waals surface area contributed by atoms with E-state index in [4.69, 9.17) is 14.2 Å².